The van der Waals surface area contributed by atoms with Gasteiger partial charge in [0.15, 0.2) is 5.75 Å². The second-order valence-electron chi connectivity index (χ2n) is 4.94. The highest BCUT2D eigenvalue weighted by molar-refractivity contribution is 6.35. The van der Waals surface area contributed by atoms with E-state index in [1.54, 1.807) is 18.2 Å². The fourth-order valence-corrected chi connectivity index (χ4v) is 2.44. The van der Waals surface area contributed by atoms with Crippen molar-refractivity contribution in [3.8, 4) is 11.5 Å². The van der Waals surface area contributed by atoms with E-state index < -0.39 is 12.3 Å². The number of aliphatic hydroxyl groups excluding tert-OH is 1. The summed E-state index contributed by atoms with van der Waals surface area (Å²) in [6, 6.07) is 3.51. The third kappa shape index (κ3) is 2.67. The Bertz CT molecular complexity index is 684. The number of carbonyl (C=O) groups is 1. The summed E-state index contributed by atoms with van der Waals surface area (Å²) >= 11 is 6.31. The van der Waals surface area contributed by atoms with Gasteiger partial charge in [0.1, 0.15) is 16.3 Å². The van der Waals surface area contributed by atoms with Crippen molar-refractivity contribution < 1.29 is 19.4 Å². The molecule has 0 bridgehead atoms. The fourth-order valence-electron chi connectivity index (χ4n) is 2.17. The van der Waals surface area contributed by atoms with Gasteiger partial charge in [-0.25, -0.2) is 0 Å². The Balaban J connectivity index is 1.95. The van der Waals surface area contributed by atoms with Crippen LogP contribution in [0.15, 0.2) is 22.7 Å². The van der Waals surface area contributed by atoms with Gasteiger partial charge in [-0.05, 0) is 24.6 Å². The molecule has 1 aromatic rings. The number of nitrogens with one attached hydrogen (secondary N) is 1. The maximum Gasteiger partial charge on any atom is 0.260 e. The molecule has 2 heterocycles. The van der Waals surface area contributed by atoms with Gasteiger partial charge in [-0.1, -0.05) is 24.9 Å². The van der Waals surface area contributed by atoms with E-state index in [0.29, 0.717) is 28.7 Å². The minimum atomic E-state index is -1.32. The zero-order chi connectivity index (χ0) is 15.7. The van der Waals surface area contributed by atoms with E-state index in [2.05, 4.69) is 17.2 Å². The molecule has 2 aliphatic rings. The number of unbranched alkanes of at least 4 members (excludes halogenated alkanes) is 1. The Labute approximate surface area is 132 Å². The van der Waals surface area contributed by atoms with Crippen molar-refractivity contribution in [3.63, 3.8) is 0 Å². The van der Waals surface area contributed by atoms with Gasteiger partial charge in [0, 0.05) is 5.56 Å². The number of hydrogen-bond acceptors (Lipinski definition) is 5. The standard InChI is InChI=1S/C15H15ClN2O4/c1-2-3-6-21-10-5-4-8-7-9-13(19)17-15(20)18-14(9)22-12(8)11(10)16/h4-5,7,15,20H,2-3,6H2,1H3,(H,17,19). The number of halogens is 1. The summed E-state index contributed by atoms with van der Waals surface area (Å²) in [5.74, 6) is 0.506. The molecule has 2 N–H and O–H groups in total. The van der Waals surface area contributed by atoms with Crippen molar-refractivity contribution in [2.24, 2.45) is 4.99 Å². The molecule has 1 aromatic carbocycles. The topological polar surface area (TPSA) is 80.2 Å². The predicted molar refractivity (Wildman–Crippen MR) is 82.0 cm³/mol. The molecular formula is C15H15ClN2O4. The third-order valence-corrected chi connectivity index (χ3v) is 3.68. The van der Waals surface area contributed by atoms with Gasteiger partial charge in [-0.15, -0.1) is 0 Å². The lowest BCUT2D eigenvalue weighted by Gasteiger charge is -2.25. The predicted octanol–water partition coefficient (Wildman–Crippen LogP) is 2.10. The molecule has 22 heavy (non-hydrogen) atoms. The molecule has 0 spiro atoms. The van der Waals surface area contributed by atoms with Crippen LogP contribution >= 0.6 is 11.6 Å². The summed E-state index contributed by atoms with van der Waals surface area (Å²) in [6.45, 7) is 2.64. The number of ether oxygens (including phenoxy) is 2. The van der Waals surface area contributed by atoms with Crippen LogP contribution in [0.5, 0.6) is 11.5 Å². The van der Waals surface area contributed by atoms with Crippen LogP contribution in [0.4, 0.5) is 0 Å². The molecule has 0 fully saturated rings. The molecule has 2 aliphatic heterocycles. The van der Waals surface area contributed by atoms with Crippen molar-refractivity contribution in [1.29, 1.82) is 0 Å². The van der Waals surface area contributed by atoms with Crippen LogP contribution < -0.4 is 14.8 Å². The van der Waals surface area contributed by atoms with Gasteiger partial charge < -0.3 is 19.9 Å². The lowest BCUT2D eigenvalue weighted by molar-refractivity contribution is -0.120. The highest BCUT2D eigenvalue weighted by Gasteiger charge is 2.31. The quantitative estimate of drug-likeness (QED) is 0.832. The lowest BCUT2D eigenvalue weighted by Crippen LogP contribution is -2.43. The first-order valence-electron chi connectivity index (χ1n) is 7.02. The van der Waals surface area contributed by atoms with Crippen LogP contribution in [0.25, 0.3) is 6.08 Å². The first-order valence-corrected chi connectivity index (χ1v) is 7.40. The number of aliphatic hydroxyl groups is 1. The number of hydrogen-bond donors (Lipinski definition) is 2. The second kappa shape index (κ2) is 5.98. The molecule has 0 aliphatic carbocycles. The molecule has 116 valence electrons. The van der Waals surface area contributed by atoms with Gasteiger partial charge in [-0.3, -0.25) is 4.79 Å². The molecular weight excluding hydrogens is 308 g/mol. The van der Waals surface area contributed by atoms with Gasteiger partial charge in [0.05, 0.1) is 6.61 Å². The second-order valence-corrected chi connectivity index (χ2v) is 5.32. The summed E-state index contributed by atoms with van der Waals surface area (Å²) < 4.78 is 11.2. The molecule has 1 unspecified atom stereocenters. The van der Waals surface area contributed by atoms with E-state index in [1.165, 1.54) is 0 Å². The molecule has 6 nitrogen and oxygen atoms in total. The maximum absolute atomic E-state index is 11.8. The number of carbonyl (C=O) groups excluding carboxylic acids is 1. The number of amides is 1. The summed E-state index contributed by atoms with van der Waals surface area (Å²) in [4.78, 5) is 15.7. The summed E-state index contributed by atoms with van der Waals surface area (Å²) in [5, 5.41) is 12.1. The molecule has 0 saturated heterocycles. The van der Waals surface area contributed by atoms with E-state index >= 15 is 0 Å². The monoisotopic (exact) mass is 322 g/mol. The average Bonchev–Trinajstić information content (AvgIpc) is 2.49. The highest BCUT2D eigenvalue weighted by Crippen LogP contribution is 2.41. The Morgan fingerprint density at radius 2 is 2.32 bits per heavy atom. The summed E-state index contributed by atoms with van der Waals surface area (Å²) in [5.41, 5.74) is 0.918. The highest BCUT2D eigenvalue weighted by atomic mass is 35.5. The van der Waals surface area contributed by atoms with Crippen LogP contribution in [0.1, 0.15) is 25.3 Å². The molecule has 0 radical (unpaired) electrons. The van der Waals surface area contributed by atoms with Crippen molar-refractivity contribution in [2.45, 2.75) is 26.1 Å². The number of rotatable bonds is 4. The van der Waals surface area contributed by atoms with Gasteiger partial charge in [0.25, 0.3) is 5.91 Å². The molecule has 0 aromatic heterocycles. The third-order valence-electron chi connectivity index (χ3n) is 3.32. The smallest absolute Gasteiger partial charge is 0.260 e. The largest absolute Gasteiger partial charge is 0.492 e. The van der Waals surface area contributed by atoms with Crippen molar-refractivity contribution >= 4 is 29.5 Å². The normalized spacial score (nSPS) is 19.2. The van der Waals surface area contributed by atoms with Crippen molar-refractivity contribution in [1.82, 2.24) is 5.32 Å². The average molecular weight is 323 g/mol. The first-order chi connectivity index (χ1) is 10.6. The fraction of sp³-hybridized carbons (Fsp3) is 0.333. The summed E-state index contributed by atoms with van der Waals surface area (Å²) in [7, 11) is 0. The Morgan fingerprint density at radius 3 is 3.09 bits per heavy atom. The van der Waals surface area contributed by atoms with E-state index in [0.717, 1.165) is 12.8 Å². The maximum atomic E-state index is 11.8. The van der Waals surface area contributed by atoms with Crippen molar-refractivity contribution in [2.75, 3.05) is 6.61 Å². The zero-order valence-corrected chi connectivity index (χ0v) is 12.7. The minimum Gasteiger partial charge on any atom is -0.492 e. The first kappa shape index (κ1) is 14.9. The van der Waals surface area contributed by atoms with E-state index in [-0.39, 0.29) is 11.5 Å². The SMILES string of the molecule is CCCCOc1ccc2c(c1Cl)OC1=NC(O)NC(=O)C1=C2. The Kier molecular flexibility index (Phi) is 4.04. The van der Waals surface area contributed by atoms with E-state index in [1.807, 2.05) is 0 Å². The Hall–Kier alpha value is -2.05. The molecule has 0 saturated carbocycles. The number of nitrogens with zero attached hydrogens (tertiary/aromatic N) is 1. The zero-order valence-electron chi connectivity index (χ0n) is 11.9. The van der Waals surface area contributed by atoms with Crippen LogP contribution in [0.3, 0.4) is 0 Å². The number of aliphatic imine (C=N–C) groups is 1. The minimum absolute atomic E-state index is 0.0522. The van der Waals surface area contributed by atoms with Gasteiger partial charge >= 0.3 is 0 Å². The van der Waals surface area contributed by atoms with Gasteiger partial charge in [0.2, 0.25) is 12.2 Å². The number of fused-ring (bicyclic) bond motifs is 2. The van der Waals surface area contributed by atoms with E-state index in [9.17, 15) is 9.90 Å². The molecule has 7 heteroatoms. The number of benzene rings is 1. The molecule has 1 atom stereocenters. The lowest BCUT2D eigenvalue weighted by atomic mass is 10.0. The molecule has 3 rings (SSSR count). The van der Waals surface area contributed by atoms with Crippen LogP contribution in [-0.2, 0) is 4.79 Å². The summed E-state index contributed by atoms with van der Waals surface area (Å²) in [6.07, 6.45) is 2.26. The van der Waals surface area contributed by atoms with E-state index in [4.69, 9.17) is 21.1 Å². The van der Waals surface area contributed by atoms with Crippen LogP contribution in [0.2, 0.25) is 5.02 Å². The van der Waals surface area contributed by atoms with Gasteiger partial charge in [-0.2, -0.15) is 4.99 Å². The van der Waals surface area contributed by atoms with Crippen molar-refractivity contribution in [3.05, 3.63) is 28.3 Å². The van der Waals surface area contributed by atoms with Crippen LogP contribution in [0, 0.1) is 0 Å². The Morgan fingerprint density at radius 1 is 1.50 bits per heavy atom. The molecule has 1 amide bonds. The van der Waals surface area contributed by atoms with Crippen LogP contribution in [-0.4, -0.2) is 29.9 Å².